The van der Waals surface area contributed by atoms with Gasteiger partial charge in [0.2, 0.25) is 0 Å². The van der Waals surface area contributed by atoms with E-state index in [1.54, 1.807) is 0 Å². The molecule has 1 aromatic heterocycles. The first-order chi connectivity index (χ1) is 7.69. The number of nitrogens with zero attached hydrogens (tertiary/aromatic N) is 2. The van der Waals surface area contributed by atoms with Gasteiger partial charge in [-0.15, -0.1) is 0 Å². The molecule has 1 aromatic carbocycles. The van der Waals surface area contributed by atoms with Gasteiger partial charge in [0.25, 0.3) is 0 Å². The second-order valence-electron chi connectivity index (χ2n) is 4.90. The smallest absolute Gasteiger partial charge is 0.173 e. The number of fused-ring (bicyclic) bond motifs is 1. The van der Waals surface area contributed by atoms with Crippen molar-refractivity contribution in [2.45, 2.75) is 32.4 Å². The van der Waals surface area contributed by atoms with Crippen LogP contribution in [0.3, 0.4) is 0 Å². The van der Waals surface area contributed by atoms with Crippen LogP contribution in [-0.4, -0.2) is 8.75 Å². The van der Waals surface area contributed by atoms with E-state index in [4.69, 9.17) is 0 Å². The molecule has 0 saturated heterocycles. The van der Waals surface area contributed by atoms with Crippen molar-refractivity contribution in [2.75, 3.05) is 0 Å². The molecule has 2 nitrogen and oxygen atoms in total. The van der Waals surface area contributed by atoms with Gasteiger partial charge in [0.1, 0.15) is 11.0 Å². The molecule has 0 aliphatic carbocycles. The van der Waals surface area contributed by atoms with Gasteiger partial charge in [0, 0.05) is 0 Å². The van der Waals surface area contributed by atoms with Crippen molar-refractivity contribution < 1.29 is 13.2 Å². The summed E-state index contributed by atoms with van der Waals surface area (Å²) in [5, 5.41) is 0. The van der Waals surface area contributed by atoms with Crippen LogP contribution in [-0.2, 0) is 11.6 Å². The van der Waals surface area contributed by atoms with Crippen molar-refractivity contribution >= 4 is 22.8 Å². The average molecular weight is 260 g/mol. The number of benzene rings is 1. The van der Waals surface area contributed by atoms with Crippen molar-refractivity contribution in [2.24, 2.45) is 0 Å². The highest BCUT2D eigenvalue weighted by Gasteiger charge is 2.33. The first-order valence-electron chi connectivity index (χ1n) is 5.03. The van der Waals surface area contributed by atoms with E-state index in [9.17, 15) is 13.2 Å². The number of alkyl halides is 3. The highest BCUT2D eigenvalue weighted by molar-refractivity contribution is 7.00. The van der Waals surface area contributed by atoms with E-state index in [1.165, 1.54) is 6.07 Å². The lowest BCUT2D eigenvalue weighted by molar-refractivity contribution is -0.137. The minimum Gasteiger partial charge on any atom is -0.173 e. The van der Waals surface area contributed by atoms with E-state index in [2.05, 4.69) is 8.75 Å². The molecule has 0 radical (unpaired) electrons. The van der Waals surface area contributed by atoms with Gasteiger partial charge in [-0.25, -0.2) is 0 Å². The maximum Gasteiger partial charge on any atom is 0.416 e. The zero-order valence-corrected chi connectivity index (χ0v) is 10.4. The number of aromatic nitrogens is 2. The predicted molar refractivity (Wildman–Crippen MR) is 61.1 cm³/mol. The van der Waals surface area contributed by atoms with Gasteiger partial charge in [-0.1, -0.05) is 20.8 Å². The lowest BCUT2D eigenvalue weighted by Crippen LogP contribution is -2.14. The van der Waals surface area contributed by atoms with Gasteiger partial charge in [-0.05, 0) is 23.1 Å². The third kappa shape index (κ3) is 2.26. The van der Waals surface area contributed by atoms with Crippen LogP contribution in [0.5, 0.6) is 0 Å². The van der Waals surface area contributed by atoms with Crippen molar-refractivity contribution in [3.05, 3.63) is 23.3 Å². The summed E-state index contributed by atoms with van der Waals surface area (Å²) in [5.74, 6) is 0. The van der Waals surface area contributed by atoms with Crippen LogP contribution in [0.2, 0.25) is 0 Å². The Bertz CT molecular complexity index is 552. The molecule has 0 N–H and O–H groups in total. The Labute approximate surface area is 101 Å². The van der Waals surface area contributed by atoms with E-state index in [1.807, 2.05) is 20.8 Å². The third-order valence-corrected chi connectivity index (χ3v) is 3.04. The molecule has 1 heterocycles. The van der Waals surface area contributed by atoms with E-state index in [0.717, 1.165) is 17.8 Å². The molecule has 2 rings (SSSR count). The molecule has 0 saturated carbocycles. The fraction of sp³-hybridized carbons (Fsp3) is 0.455. The van der Waals surface area contributed by atoms with Crippen molar-refractivity contribution in [3.8, 4) is 0 Å². The molecule has 0 spiro atoms. The summed E-state index contributed by atoms with van der Waals surface area (Å²) in [7, 11) is 0. The van der Waals surface area contributed by atoms with Crippen LogP contribution in [0, 0.1) is 0 Å². The van der Waals surface area contributed by atoms with Crippen LogP contribution in [0.1, 0.15) is 31.9 Å². The van der Waals surface area contributed by atoms with Crippen LogP contribution in [0.25, 0.3) is 11.0 Å². The molecule has 0 fully saturated rings. The van der Waals surface area contributed by atoms with Gasteiger partial charge in [-0.3, -0.25) is 0 Å². The molecular weight excluding hydrogens is 249 g/mol. The molecule has 0 bridgehead atoms. The Balaban J connectivity index is 2.76. The van der Waals surface area contributed by atoms with Crippen molar-refractivity contribution in [1.82, 2.24) is 8.75 Å². The summed E-state index contributed by atoms with van der Waals surface area (Å²) < 4.78 is 46.2. The molecule has 0 amide bonds. The van der Waals surface area contributed by atoms with Gasteiger partial charge < -0.3 is 0 Å². The summed E-state index contributed by atoms with van der Waals surface area (Å²) in [4.78, 5) is 0. The van der Waals surface area contributed by atoms with Crippen molar-refractivity contribution in [1.29, 1.82) is 0 Å². The van der Waals surface area contributed by atoms with E-state index < -0.39 is 17.2 Å². The first kappa shape index (κ1) is 12.3. The summed E-state index contributed by atoms with van der Waals surface area (Å²) in [6, 6.07) is 2.22. The lowest BCUT2D eigenvalue weighted by atomic mass is 9.85. The average Bonchev–Trinajstić information content (AvgIpc) is 2.59. The second kappa shape index (κ2) is 3.66. The Hall–Kier alpha value is -1.17. The molecule has 0 atom stereocenters. The fourth-order valence-corrected chi connectivity index (χ4v) is 2.17. The van der Waals surface area contributed by atoms with E-state index in [0.29, 0.717) is 16.6 Å². The van der Waals surface area contributed by atoms with Gasteiger partial charge >= 0.3 is 6.18 Å². The first-order valence-corrected chi connectivity index (χ1v) is 5.76. The maximum atomic E-state index is 12.7. The minimum absolute atomic E-state index is 0.315. The van der Waals surface area contributed by atoms with Crippen molar-refractivity contribution in [3.63, 3.8) is 0 Å². The Kier molecular flexibility index (Phi) is 2.65. The van der Waals surface area contributed by atoms with Gasteiger partial charge in [0.15, 0.2) is 0 Å². The highest BCUT2D eigenvalue weighted by Crippen LogP contribution is 2.36. The van der Waals surface area contributed by atoms with Crippen LogP contribution < -0.4 is 0 Å². The summed E-state index contributed by atoms with van der Waals surface area (Å²) in [6.07, 6.45) is -4.35. The molecular formula is C11H11F3N2S. The molecule has 2 aromatic rings. The molecule has 17 heavy (non-hydrogen) atoms. The summed E-state index contributed by atoms with van der Waals surface area (Å²) in [6.45, 7) is 5.59. The number of halogens is 3. The quantitative estimate of drug-likeness (QED) is 0.715. The van der Waals surface area contributed by atoms with E-state index >= 15 is 0 Å². The molecule has 0 aliphatic heterocycles. The van der Waals surface area contributed by atoms with Crippen LogP contribution in [0.4, 0.5) is 13.2 Å². The maximum absolute atomic E-state index is 12.7. The SMILES string of the molecule is CC(C)(C)c1cc(C(F)(F)F)cc2nsnc12. The fourth-order valence-electron chi connectivity index (χ4n) is 1.63. The Morgan fingerprint density at radius 3 is 2.24 bits per heavy atom. The topological polar surface area (TPSA) is 25.8 Å². The normalized spacial score (nSPS) is 13.3. The molecule has 92 valence electrons. The summed E-state index contributed by atoms with van der Waals surface area (Å²) in [5.41, 5.74) is 0.402. The Morgan fingerprint density at radius 2 is 1.71 bits per heavy atom. The number of hydrogen-bond acceptors (Lipinski definition) is 3. The van der Waals surface area contributed by atoms with Gasteiger partial charge in [-0.2, -0.15) is 21.9 Å². The largest absolute Gasteiger partial charge is 0.416 e. The summed E-state index contributed by atoms with van der Waals surface area (Å²) >= 11 is 0.935. The third-order valence-electron chi connectivity index (χ3n) is 2.50. The highest BCUT2D eigenvalue weighted by atomic mass is 32.1. The molecule has 6 heteroatoms. The monoisotopic (exact) mass is 260 g/mol. The zero-order valence-electron chi connectivity index (χ0n) is 9.59. The minimum atomic E-state index is -4.35. The van der Waals surface area contributed by atoms with Crippen LogP contribution in [0.15, 0.2) is 12.1 Å². The van der Waals surface area contributed by atoms with Gasteiger partial charge in [0.05, 0.1) is 17.3 Å². The predicted octanol–water partition coefficient (Wildman–Crippen LogP) is 4.01. The number of hydrogen-bond donors (Lipinski definition) is 0. The molecule has 0 unspecified atom stereocenters. The van der Waals surface area contributed by atoms with Crippen LogP contribution >= 0.6 is 11.7 Å². The number of rotatable bonds is 0. The standard InChI is InChI=1S/C11H11F3N2S/c1-10(2,3)7-4-6(11(12,13)14)5-8-9(7)16-17-15-8/h4-5H,1-3H3. The Morgan fingerprint density at radius 1 is 1.06 bits per heavy atom. The van der Waals surface area contributed by atoms with E-state index in [-0.39, 0.29) is 0 Å². The molecule has 0 aliphatic rings. The zero-order chi connectivity index (χ0) is 12.8. The second-order valence-corrected chi connectivity index (χ2v) is 5.43. The lowest BCUT2D eigenvalue weighted by Gasteiger charge is -2.20.